The maximum atomic E-state index is 13.1. The van der Waals surface area contributed by atoms with E-state index in [2.05, 4.69) is 4.90 Å². The van der Waals surface area contributed by atoms with E-state index < -0.39 is 33.8 Å². The molecule has 1 atom stereocenters. The van der Waals surface area contributed by atoms with Gasteiger partial charge in [-0.1, -0.05) is 30.3 Å². The lowest BCUT2D eigenvalue weighted by Crippen LogP contribution is -2.49. The molecule has 0 aromatic heterocycles. The molecule has 0 bridgehead atoms. The number of esters is 1. The number of ether oxygens (including phenoxy) is 3. The second kappa shape index (κ2) is 13.0. The number of nitrogens with zero attached hydrogens (tertiary/aromatic N) is 2. The minimum Gasteiger partial charge on any atom is -0.497 e. The van der Waals surface area contributed by atoms with Crippen molar-refractivity contribution in [1.82, 2.24) is 9.21 Å². The molecule has 1 aliphatic heterocycles. The van der Waals surface area contributed by atoms with E-state index in [1.807, 2.05) is 24.3 Å². The van der Waals surface area contributed by atoms with Crippen LogP contribution in [0.2, 0.25) is 0 Å². The van der Waals surface area contributed by atoms with Gasteiger partial charge in [0.1, 0.15) is 5.75 Å². The molecular formula is C29H31F3N2O6S. The van der Waals surface area contributed by atoms with E-state index in [0.717, 1.165) is 23.3 Å². The minimum atomic E-state index is -4.64. The molecule has 0 amide bonds. The Morgan fingerprint density at radius 3 is 2.24 bits per heavy atom. The summed E-state index contributed by atoms with van der Waals surface area (Å²) in [4.78, 5) is 13.4. The zero-order valence-corrected chi connectivity index (χ0v) is 23.5. The molecule has 1 fully saturated rings. The van der Waals surface area contributed by atoms with Crippen molar-refractivity contribution < 1.29 is 40.6 Å². The molecule has 1 heterocycles. The van der Waals surface area contributed by atoms with Gasteiger partial charge in [0.2, 0.25) is 10.0 Å². The van der Waals surface area contributed by atoms with Crippen LogP contribution >= 0.6 is 0 Å². The van der Waals surface area contributed by atoms with Crippen LogP contribution in [0.15, 0.2) is 77.7 Å². The predicted molar refractivity (Wildman–Crippen MR) is 145 cm³/mol. The number of carbonyl (C=O) groups is 1. The van der Waals surface area contributed by atoms with E-state index >= 15 is 0 Å². The van der Waals surface area contributed by atoms with Crippen LogP contribution in [-0.4, -0.2) is 70.5 Å². The number of benzene rings is 3. The zero-order chi connectivity index (χ0) is 29.6. The molecule has 8 nitrogen and oxygen atoms in total. The molecule has 1 unspecified atom stereocenters. The molecule has 41 heavy (non-hydrogen) atoms. The normalized spacial score (nSPS) is 15.8. The summed E-state index contributed by atoms with van der Waals surface area (Å²) in [5.41, 5.74) is 1.14. The zero-order valence-electron chi connectivity index (χ0n) is 22.6. The summed E-state index contributed by atoms with van der Waals surface area (Å²) in [5.74, 6) is 0.233. The second-order valence-corrected chi connectivity index (χ2v) is 11.4. The third-order valence-corrected chi connectivity index (χ3v) is 8.74. The summed E-state index contributed by atoms with van der Waals surface area (Å²) in [7, 11) is -1.20. The maximum absolute atomic E-state index is 13.1. The first kappa shape index (κ1) is 30.5. The molecule has 220 valence electrons. The Balaban J connectivity index is 1.44. The smallest absolute Gasteiger partial charge is 0.416 e. The van der Waals surface area contributed by atoms with Gasteiger partial charge in [0.15, 0.2) is 0 Å². The summed E-state index contributed by atoms with van der Waals surface area (Å²) in [6.07, 6.45) is -5.03. The maximum Gasteiger partial charge on any atom is 0.416 e. The standard InChI is InChI=1S/C29H31F3N2O6S/c1-38-25-7-3-5-23(17-25)27(40-20-21-9-11-22(12-10-21)28(35)39-2)19-33-13-15-34(16-14-33)41(36,37)26-8-4-6-24(18-26)29(30,31)32/h3-12,17-18,27H,13-16,19-20H2,1-2H3. The van der Waals surface area contributed by atoms with E-state index in [0.29, 0.717) is 37.0 Å². The first-order valence-electron chi connectivity index (χ1n) is 12.8. The van der Waals surface area contributed by atoms with E-state index in [-0.39, 0.29) is 24.6 Å². The summed E-state index contributed by atoms with van der Waals surface area (Å²) < 4.78 is 83.3. The van der Waals surface area contributed by atoms with Crippen molar-refractivity contribution in [3.63, 3.8) is 0 Å². The molecule has 4 rings (SSSR count). The summed E-state index contributed by atoms with van der Waals surface area (Å²) in [5, 5.41) is 0. The monoisotopic (exact) mass is 592 g/mol. The van der Waals surface area contributed by atoms with Gasteiger partial charge in [-0.2, -0.15) is 17.5 Å². The van der Waals surface area contributed by atoms with Crippen molar-refractivity contribution >= 4 is 16.0 Å². The molecule has 3 aromatic rings. The lowest BCUT2D eigenvalue weighted by molar-refractivity contribution is -0.137. The highest BCUT2D eigenvalue weighted by Gasteiger charge is 2.34. The molecule has 0 saturated carbocycles. The van der Waals surface area contributed by atoms with Crippen molar-refractivity contribution in [3.05, 3.63) is 95.1 Å². The Labute approximate surface area is 237 Å². The molecule has 0 aliphatic carbocycles. The minimum absolute atomic E-state index is 0.123. The van der Waals surface area contributed by atoms with Gasteiger partial charge in [-0.15, -0.1) is 0 Å². The average molecular weight is 593 g/mol. The van der Waals surface area contributed by atoms with Crippen LogP contribution in [0.3, 0.4) is 0 Å². The van der Waals surface area contributed by atoms with Gasteiger partial charge in [-0.25, -0.2) is 13.2 Å². The van der Waals surface area contributed by atoms with Crippen LogP contribution in [0.1, 0.15) is 33.2 Å². The van der Waals surface area contributed by atoms with E-state index in [1.54, 1.807) is 31.4 Å². The van der Waals surface area contributed by atoms with E-state index in [4.69, 9.17) is 14.2 Å². The third kappa shape index (κ3) is 7.64. The van der Waals surface area contributed by atoms with Crippen molar-refractivity contribution in [1.29, 1.82) is 0 Å². The fourth-order valence-corrected chi connectivity index (χ4v) is 5.99. The molecule has 1 saturated heterocycles. The van der Waals surface area contributed by atoms with Crippen LogP contribution in [0.25, 0.3) is 0 Å². The van der Waals surface area contributed by atoms with Gasteiger partial charge >= 0.3 is 12.1 Å². The number of rotatable bonds is 10. The Morgan fingerprint density at radius 1 is 0.927 bits per heavy atom. The number of halogens is 3. The van der Waals surface area contributed by atoms with Gasteiger partial charge in [0.25, 0.3) is 0 Å². The average Bonchev–Trinajstić information content (AvgIpc) is 2.99. The molecule has 12 heteroatoms. The highest BCUT2D eigenvalue weighted by atomic mass is 32.2. The number of carbonyl (C=O) groups excluding carboxylic acids is 1. The quantitative estimate of drug-likeness (QED) is 0.314. The first-order valence-corrected chi connectivity index (χ1v) is 14.3. The molecule has 1 aliphatic rings. The summed E-state index contributed by atoms with van der Waals surface area (Å²) in [6.45, 7) is 1.70. The summed E-state index contributed by atoms with van der Waals surface area (Å²) in [6, 6.07) is 18.2. The number of hydrogen-bond acceptors (Lipinski definition) is 7. The fourth-order valence-electron chi connectivity index (χ4n) is 4.52. The second-order valence-electron chi connectivity index (χ2n) is 9.50. The fraction of sp³-hybridized carbons (Fsp3) is 0.345. The van der Waals surface area contributed by atoms with Crippen LogP contribution in [0.4, 0.5) is 13.2 Å². The van der Waals surface area contributed by atoms with Gasteiger partial charge in [-0.3, -0.25) is 4.90 Å². The van der Waals surface area contributed by atoms with E-state index in [9.17, 15) is 26.4 Å². The SMILES string of the molecule is COC(=O)c1ccc(COC(CN2CCN(S(=O)(=O)c3cccc(C(F)(F)F)c3)CC2)c2cccc(OC)c2)cc1. The van der Waals surface area contributed by atoms with Gasteiger partial charge in [0, 0.05) is 32.7 Å². The van der Waals surface area contributed by atoms with Gasteiger partial charge in [0.05, 0.1) is 43.0 Å². The number of hydrogen-bond donors (Lipinski definition) is 0. The predicted octanol–water partition coefficient (Wildman–Crippen LogP) is 4.77. The summed E-state index contributed by atoms with van der Waals surface area (Å²) >= 11 is 0. The van der Waals surface area contributed by atoms with Crippen molar-refractivity contribution in [3.8, 4) is 5.75 Å². The number of methoxy groups -OCH3 is 2. The Morgan fingerprint density at radius 2 is 1.61 bits per heavy atom. The number of sulfonamides is 1. The lowest BCUT2D eigenvalue weighted by Gasteiger charge is -2.36. The molecule has 0 N–H and O–H groups in total. The van der Waals surface area contributed by atoms with Crippen molar-refractivity contribution in [2.75, 3.05) is 46.9 Å². The van der Waals surface area contributed by atoms with Crippen LogP contribution in [-0.2, 0) is 32.3 Å². The molecular weight excluding hydrogens is 561 g/mol. The van der Waals surface area contributed by atoms with E-state index in [1.165, 1.54) is 17.5 Å². The Bertz CT molecular complexity index is 1440. The number of alkyl halides is 3. The Hall–Kier alpha value is -3.45. The van der Waals surface area contributed by atoms with Gasteiger partial charge in [-0.05, 0) is 53.6 Å². The lowest BCUT2D eigenvalue weighted by atomic mass is 10.1. The molecule has 0 spiro atoms. The van der Waals surface area contributed by atoms with Gasteiger partial charge < -0.3 is 14.2 Å². The first-order chi connectivity index (χ1) is 19.5. The largest absolute Gasteiger partial charge is 0.497 e. The topological polar surface area (TPSA) is 85.4 Å². The highest BCUT2D eigenvalue weighted by molar-refractivity contribution is 7.89. The van der Waals surface area contributed by atoms with Crippen molar-refractivity contribution in [2.45, 2.75) is 23.8 Å². The molecule has 0 radical (unpaired) electrons. The van der Waals surface area contributed by atoms with Crippen molar-refractivity contribution in [2.24, 2.45) is 0 Å². The Kier molecular flexibility index (Phi) is 9.69. The third-order valence-electron chi connectivity index (χ3n) is 6.85. The molecule has 3 aromatic carbocycles. The van der Waals surface area contributed by atoms with Crippen LogP contribution < -0.4 is 4.74 Å². The number of piperazine rings is 1. The van der Waals surface area contributed by atoms with Crippen LogP contribution in [0.5, 0.6) is 5.75 Å². The van der Waals surface area contributed by atoms with Crippen LogP contribution in [0, 0.1) is 0 Å². The highest BCUT2D eigenvalue weighted by Crippen LogP contribution is 2.31.